The van der Waals surface area contributed by atoms with Gasteiger partial charge in [-0.05, 0) is 47.4 Å². The Morgan fingerprint density at radius 3 is 2.37 bits per heavy atom. The van der Waals surface area contributed by atoms with Gasteiger partial charge in [0.15, 0.2) is 0 Å². The van der Waals surface area contributed by atoms with Crippen LogP contribution in [0.1, 0.15) is 24.0 Å². The van der Waals surface area contributed by atoms with Gasteiger partial charge in [-0.1, -0.05) is 0 Å². The number of piperazine rings is 1. The van der Waals surface area contributed by atoms with Gasteiger partial charge in [0.25, 0.3) is 0 Å². The first-order valence-corrected chi connectivity index (χ1v) is 11.1. The molecule has 4 rings (SSSR count). The lowest BCUT2D eigenvalue weighted by Gasteiger charge is -2.38. The van der Waals surface area contributed by atoms with E-state index < -0.39 is 11.7 Å². The van der Waals surface area contributed by atoms with E-state index in [0.29, 0.717) is 31.7 Å². The third-order valence-corrected chi connectivity index (χ3v) is 6.65. The molecule has 30 heavy (non-hydrogen) atoms. The molecule has 0 aromatic carbocycles. The zero-order valence-corrected chi connectivity index (χ0v) is 17.5. The summed E-state index contributed by atoms with van der Waals surface area (Å²) in [7, 11) is 0. The van der Waals surface area contributed by atoms with E-state index in [2.05, 4.69) is 26.7 Å². The zero-order chi connectivity index (χ0) is 21.1. The van der Waals surface area contributed by atoms with Crippen molar-refractivity contribution in [2.24, 2.45) is 5.92 Å². The van der Waals surface area contributed by atoms with Gasteiger partial charge in [0.1, 0.15) is 5.82 Å². The molecule has 0 aliphatic carbocycles. The van der Waals surface area contributed by atoms with E-state index in [-0.39, 0.29) is 11.8 Å². The Morgan fingerprint density at radius 2 is 1.80 bits per heavy atom. The first kappa shape index (κ1) is 21.1. The molecule has 0 bridgehead atoms. The molecule has 0 unspecified atom stereocenters. The number of rotatable bonds is 4. The lowest BCUT2D eigenvalue weighted by atomic mass is 9.95. The number of carbonyl (C=O) groups excluding carboxylic acids is 1. The summed E-state index contributed by atoms with van der Waals surface area (Å²) in [6, 6.07) is 4.62. The predicted molar refractivity (Wildman–Crippen MR) is 110 cm³/mol. The summed E-state index contributed by atoms with van der Waals surface area (Å²) in [5.74, 6) is 0.736. The number of carbonyl (C=O) groups is 1. The number of thiophene rings is 1. The lowest BCUT2D eigenvalue weighted by molar-refractivity contribution is -0.138. The van der Waals surface area contributed by atoms with Crippen LogP contribution in [0.3, 0.4) is 0 Å². The van der Waals surface area contributed by atoms with E-state index in [9.17, 15) is 18.0 Å². The fourth-order valence-electron chi connectivity index (χ4n) is 4.12. The second-order valence-corrected chi connectivity index (χ2v) is 8.68. The van der Waals surface area contributed by atoms with Crippen LogP contribution in [0.2, 0.25) is 0 Å². The van der Waals surface area contributed by atoms with Gasteiger partial charge in [0.2, 0.25) is 5.91 Å². The van der Waals surface area contributed by atoms with Crippen molar-refractivity contribution in [3.05, 3.63) is 46.3 Å². The molecule has 2 aliphatic heterocycles. The number of piperidine rings is 1. The van der Waals surface area contributed by atoms with Crippen LogP contribution >= 0.6 is 11.3 Å². The molecule has 4 heterocycles. The van der Waals surface area contributed by atoms with Gasteiger partial charge < -0.3 is 9.80 Å². The molecular weight excluding hydrogens is 413 g/mol. The molecule has 162 valence electrons. The minimum atomic E-state index is -4.38. The first-order valence-electron chi connectivity index (χ1n) is 10.2. The monoisotopic (exact) mass is 438 g/mol. The fourth-order valence-corrected chi connectivity index (χ4v) is 4.78. The second-order valence-electron chi connectivity index (χ2n) is 7.90. The summed E-state index contributed by atoms with van der Waals surface area (Å²) in [5.41, 5.74) is 0.582. The largest absolute Gasteiger partial charge is 0.417 e. The van der Waals surface area contributed by atoms with E-state index in [0.717, 1.165) is 45.0 Å². The number of aromatic nitrogens is 1. The number of halogens is 3. The Balaban J connectivity index is 1.24. The number of amides is 1. The van der Waals surface area contributed by atoms with Crippen LogP contribution in [0.5, 0.6) is 0 Å². The van der Waals surface area contributed by atoms with Gasteiger partial charge in [-0.25, -0.2) is 4.98 Å². The molecule has 1 amide bonds. The number of hydrogen-bond donors (Lipinski definition) is 0. The Bertz CT molecular complexity index is 825. The minimum Gasteiger partial charge on any atom is -0.357 e. The number of pyridine rings is 1. The fraction of sp³-hybridized carbons (Fsp3) is 0.524. The van der Waals surface area contributed by atoms with Crippen molar-refractivity contribution < 1.29 is 18.0 Å². The van der Waals surface area contributed by atoms with Crippen LogP contribution in [0, 0.1) is 5.92 Å². The summed E-state index contributed by atoms with van der Waals surface area (Å²) in [6.45, 7) is 5.48. The van der Waals surface area contributed by atoms with Crippen LogP contribution in [0.25, 0.3) is 0 Å². The molecule has 0 saturated carbocycles. The van der Waals surface area contributed by atoms with Crippen molar-refractivity contribution in [1.82, 2.24) is 14.8 Å². The van der Waals surface area contributed by atoms with Crippen molar-refractivity contribution in [3.8, 4) is 0 Å². The molecule has 2 saturated heterocycles. The Hall–Kier alpha value is -2.13. The van der Waals surface area contributed by atoms with Crippen LogP contribution in [0.4, 0.5) is 19.0 Å². The molecular formula is C21H25F3N4OS. The van der Waals surface area contributed by atoms with Crippen LogP contribution in [-0.4, -0.2) is 60.0 Å². The van der Waals surface area contributed by atoms with E-state index in [1.165, 1.54) is 11.6 Å². The quantitative estimate of drug-likeness (QED) is 0.730. The van der Waals surface area contributed by atoms with Crippen molar-refractivity contribution >= 4 is 23.1 Å². The van der Waals surface area contributed by atoms with E-state index in [1.54, 1.807) is 11.3 Å². The summed E-state index contributed by atoms with van der Waals surface area (Å²) >= 11 is 1.70. The summed E-state index contributed by atoms with van der Waals surface area (Å²) in [6.07, 6.45) is -2.09. The molecule has 2 aromatic heterocycles. The predicted octanol–water partition coefficient (Wildman–Crippen LogP) is 3.72. The molecule has 0 N–H and O–H groups in total. The molecule has 0 spiro atoms. The highest BCUT2D eigenvalue weighted by molar-refractivity contribution is 7.07. The maximum Gasteiger partial charge on any atom is 0.417 e. The number of nitrogens with zero attached hydrogens (tertiary/aromatic N) is 4. The summed E-state index contributed by atoms with van der Waals surface area (Å²) in [4.78, 5) is 23.2. The highest BCUT2D eigenvalue weighted by atomic mass is 32.1. The van der Waals surface area contributed by atoms with Crippen molar-refractivity contribution in [2.75, 3.05) is 44.2 Å². The average molecular weight is 439 g/mol. The zero-order valence-electron chi connectivity index (χ0n) is 16.6. The van der Waals surface area contributed by atoms with Gasteiger partial charge in [0, 0.05) is 57.9 Å². The minimum absolute atomic E-state index is 0.0147. The topological polar surface area (TPSA) is 39.7 Å². The van der Waals surface area contributed by atoms with Crippen molar-refractivity contribution in [2.45, 2.75) is 25.6 Å². The van der Waals surface area contributed by atoms with Gasteiger partial charge in [-0.2, -0.15) is 24.5 Å². The Kier molecular flexibility index (Phi) is 6.29. The van der Waals surface area contributed by atoms with Crippen LogP contribution < -0.4 is 4.90 Å². The smallest absolute Gasteiger partial charge is 0.357 e. The number of hydrogen-bond acceptors (Lipinski definition) is 5. The molecule has 9 heteroatoms. The van der Waals surface area contributed by atoms with Gasteiger partial charge in [-0.15, -0.1) is 0 Å². The average Bonchev–Trinajstić information content (AvgIpc) is 3.26. The van der Waals surface area contributed by atoms with E-state index in [1.807, 2.05) is 9.80 Å². The number of alkyl halides is 3. The normalized spacial score (nSPS) is 19.3. The third-order valence-electron chi connectivity index (χ3n) is 5.91. The molecule has 5 nitrogen and oxygen atoms in total. The molecule has 2 aliphatic rings. The second kappa shape index (κ2) is 8.93. The van der Waals surface area contributed by atoms with E-state index in [4.69, 9.17) is 0 Å². The molecule has 2 fully saturated rings. The maximum absolute atomic E-state index is 12.9. The molecule has 0 radical (unpaired) electrons. The van der Waals surface area contributed by atoms with Gasteiger partial charge in [-0.3, -0.25) is 9.69 Å². The lowest BCUT2D eigenvalue weighted by Crippen LogP contribution is -2.51. The Labute approximate surface area is 178 Å². The first-order chi connectivity index (χ1) is 14.4. The van der Waals surface area contributed by atoms with Crippen molar-refractivity contribution in [1.29, 1.82) is 0 Å². The summed E-state index contributed by atoms with van der Waals surface area (Å²) < 4.78 is 38.1. The highest BCUT2D eigenvalue weighted by Crippen LogP contribution is 2.30. The Morgan fingerprint density at radius 1 is 1.07 bits per heavy atom. The third kappa shape index (κ3) is 4.95. The van der Waals surface area contributed by atoms with Crippen LogP contribution in [-0.2, 0) is 17.5 Å². The van der Waals surface area contributed by atoms with Crippen LogP contribution in [0.15, 0.2) is 35.2 Å². The molecule has 0 atom stereocenters. The number of anilines is 1. The van der Waals surface area contributed by atoms with Crippen molar-refractivity contribution in [3.63, 3.8) is 0 Å². The van der Waals surface area contributed by atoms with Gasteiger partial charge >= 0.3 is 6.18 Å². The summed E-state index contributed by atoms with van der Waals surface area (Å²) in [5, 5.41) is 4.25. The SMILES string of the molecule is O=C(C1CCN(c2ccc(C(F)(F)F)cn2)CC1)N1CCN(Cc2ccsc2)CC1. The van der Waals surface area contributed by atoms with E-state index >= 15 is 0 Å². The van der Waals surface area contributed by atoms with Gasteiger partial charge in [0.05, 0.1) is 5.56 Å². The maximum atomic E-state index is 12.9. The molecule has 2 aromatic rings. The standard InChI is InChI=1S/C21H25F3N4OS/c22-21(23,24)18-1-2-19(25-13-18)27-6-3-17(4-7-27)20(29)28-10-8-26(9-11-28)14-16-5-12-30-15-16/h1-2,5,12-13,15,17H,3-4,6-11,14H2. The highest BCUT2D eigenvalue weighted by Gasteiger charge is 2.33.